The first-order chi connectivity index (χ1) is 14.2. The molecule has 2 N–H and O–H groups in total. The lowest BCUT2D eigenvalue weighted by atomic mass is 10.1. The predicted molar refractivity (Wildman–Crippen MR) is 111 cm³/mol. The van der Waals surface area contributed by atoms with Crippen LogP contribution in [0.15, 0.2) is 36.5 Å². The topological polar surface area (TPSA) is 95.6 Å². The quantitative estimate of drug-likeness (QED) is 0.681. The Balaban J connectivity index is 1.53. The molecule has 8 heteroatoms. The first-order valence-electron chi connectivity index (χ1n) is 9.63. The van der Waals surface area contributed by atoms with E-state index in [9.17, 15) is 0 Å². The van der Waals surface area contributed by atoms with E-state index in [1.165, 1.54) is 0 Å². The monoisotopic (exact) mass is 395 g/mol. The number of hydrogen-bond donors (Lipinski definition) is 1. The molecule has 29 heavy (non-hydrogen) atoms. The summed E-state index contributed by atoms with van der Waals surface area (Å²) in [6.45, 7) is 2.07. The molecule has 1 saturated heterocycles. The van der Waals surface area contributed by atoms with Gasteiger partial charge < -0.3 is 24.8 Å². The predicted octanol–water partition coefficient (Wildman–Crippen LogP) is 2.81. The van der Waals surface area contributed by atoms with Gasteiger partial charge in [0.15, 0.2) is 11.5 Å². The SMILES string of the molecule is COc1cc2nc(N3CCCC(OCc4ccccn4)C3)nc(N)c2cc1OC. The Hall–Kier alpha value is -3.13. The minimum atomic E-state index is 0.0941. The summed E-state index contributed by atoms with van der Waals surface area (Å²) in [5.74, 6) is 2.24. The van der Waals surface area contributed by atoms with Gasteiger partial charge in [-0.05, 0) is 31.0 Å². The van der Waals surface area contributed by atoms with Crippen molar-refractivity contribution in [1.82, 2.24) is 15.0 Å². The summed E-state index contributed by atoms with van der Waals surface area (Å²) in [4.78, 5) is 15.7. The van der Waals surface area contributed by atoms with Crippen molar-refractivity contribution >= 4 is 22.7 Å². The molecule has 2 aromatic heterocycles. The van der Waals surface area contributed by atoms with E-state index in [1.807, 2.05) is 30.3 Å². The maximum Gasteiger partial charge on any atom is 0.227 e. The molecule has 3 heterocycles. The summed E-state index contributed by atoms with van der Waals surface area (Å²) in [6, 6.07) is 9.47. The summed E-state index contributed by atoms with van der Waals surface area (Å²) in [5.41, 5.74) is 7.89. The van der Waals surface area contributed by atoms with Gasteiger partial charge >= 0.3 is 0 Å². The minimum Gasteiger partial charge on any atom is -0.493 e. The Bertz CT molecular complexity index is 983. The number of hydrogen-bond acceptors (Lipinski definition) is 8. The number of nitrogens with two attached hydrogens (primary N) is 1. The minimum absolute atomic E-state index is 0.0941. The zero-order valence-corrected chi connectivity index (χ0v) is 16.7. The van der Waals surface area contributed by atoms with Crippen LogP contribution in [-0.2, 0) is 11.3 Å². The van der Waals surface area contributed by atoms with Crippen LogP contribution < -0.4 is 20.1 Å². The molecule has 0 radical (unpaired) electrons. The Morgan fingerprint density at radius 2 is 1.97 bits per heavy atom. The molecular formula is C21H25N5O3. The molecule has 1 aliphatic rings. The fourth-order valence-electron chi connectivity index (χ4n) is 3.55. The second-order valence-corrected chi connectivity index (χ2v) is 6.98. The molecule has 0 amide bonds. The Morgan fingerprint density at radius 3 is 2.72 bits per heavy atom. The average Bonchev–Trinajstić information content (AvgIpc) is 2.77. The number of methoxy groups -OCH3 is 2. The van der Waals surface area contributed by atoms with Crippen LogP contribution in [0.25, 0.3) is 10.9 Å². The van der Waals surface area contributed by atoms with Crippen molar-refractivity contribution in [2.24, 2.45) is 0 Å². The van der Waals surface area contributed by atoms with Gasteiger partial charge in [0, 0.05) is 30.7 Å². The van der Waals surface area contributed by atoms with Crippen molar-refractivity contribution in [3.05, 3.63) is 42.2 Å². The standard InChI is InChI=1S/C21H25N5O3/c1-27-18-10-16-17(11-19(18)28-2)24-21(25-20(16)22)26-9-5-7-15(12-26)29-13-14-6-3-4-8-23-14/h3-4,6,8,10-11,15H,5,7,9,12-13H2,1-2H3,(H2,22,24,25). The molecule has 1 atom stereocenters. The molecule has 8 nitrogen and oxygen atoms in total. The van der Waals surface area contributed by atoms with Crippen LogP contribution in [0.5, 0.6) is 11.5 Å². The fourth-order valence-corrected chi connectivity index (χ4v) is 3.55. The zero-order chi connectivity index (χ0) is 20.2. The summed E-state index contributed by atoms with van der Waals surface area (Å²) in [7, 11) is 3.19. The fraction of sp³-hybridized carbons (Fsp3) is 0.381. The van der Waals surface area contributed by atoms with Gasteiger partial charge in [-0.15, -0.1) is 0 Å². The van der Waals surface area contributed by atoms with Gasteiger partial charge in [0.05, 0.1) is 38.1 Å². The zero-order valence-electron chi connectivity index (χ0n) is 16.7. The molecule has 0 spiro atoms. The number of rotatable bonds is 6. The largest absolute Gasteiger partial charge is 0.493 e. The Morgan fingerprint density at radius 1 is 1.14 bits per heavy atom. The summed E-state index contributed by atoms with van der Waals surface area (Å²) < 4.78 is 16.8. The number of anilines is 2. The molecule has 0 aliphatic carbocycles. The van der Waals surface area contributed by atoms with E-state index in [1.54, 1.807) is 20.4 Å². The first kappa shape index (κ1) is 19.2. The van der Waals surface area contributed by atoms with E-state index >= 15 is 0 Å². The second kappa shape index (κ2) is 8.48. The highest BCUT2D eigenvalue weighted by atomic mass is 16.5. The van der Waals surface area contributed by atoms with Crippen molar-refractivity contribution in [2.75, 3.05) is 37.9 Å². The number of aromatic nitrogens is 3. The highest BCUT2D eigenvalue weighted by molar-refractivity contribution is 5.91. The lowest BCUT2D eigenvalue weighted by molar-refractivity contribution is 0.0296. The number of nitrogen functional groups attached to an aromatic ring is 1. The Kier molecular flexibility index (Phi) is 5.62. The molecule has 0 bridgehead atoms. The number of nitrogens with zero attached hydrogens (tertiary/aromatic N) is 4. The van der Waals surface area contributed by atoms with Crippen LogP contribution in [0.4, 0.5) is 11.8 Å². The molecule has 1 aliphatic heterocycles. The van der Waals surface area contributed by atoms with E-state index in [-0.39, 0.29) is 6.10 Å². The van der Waals surface area contributed by atoms with Crippen LogP contribution in [0.3, 0.4) is 0 Å². The molecule has 152 valence electrons. The number of piperidine rings is 1. The van der Waals surface area contributed by atoms with Crippen LogP contribution in [0.1, 0.15) is 18.5 Å². The third-order valence-corrected chi connectivity index (χ3v) is 5.07. The van der Waals surface area contributed by atoms with Crippen LogP contribution in [-0.4, -0.2) is 48.4 Å². The summed E-state index contributed by atoms with van der Waals surface area (Å²) in [6.07, 6.45) is 3.87. The van der Waals surface area contributed by atoms with Crippen molar-refractivity contribution in [2.45, 2.75) is 25.6 Å². The molecule has 1 unspecified atom stereocenters. The van der Waals surface area contributed by atoms with Crippen molar-refractivity contribution in [3.63, 3.8) is 0 Å². The van der Waals surface area contributed by atoms with Crippen LogP contribution in [0.2, 0.25) is 0 Å². The number of benzene rings is 1. The number of ether oxygens (including phenoxy) is 3. The third-order valence-electron chi connectivity index (χ3n) is 5.07. The van der Waals surface area contributed by atoms with Gasteiger partial charge in [-0.25, -0.2) is 4.98 Å². The van der Waals surface area contributed by atoms with E-state index < -0.39 is 0 Å². The van der Waals surface area contributed by atoms with Crippen molar-refractivity contribution < 1.29 is 14.2 Å². The normalized spacial score (nSPS) is 16.8. The summed E-state index contributed by atoms with van der Waals surface area (Å²) >= 11 is 0. The smallest absolute Gasteiger partial charge is 0.227 e. The van der Waals surface area contributed by atoms with E-state index in [2.05, 4.69) is 14.9 Å². The van der Waals surface area contributed by atoms with Crippen LogP contribution in [0, 0.1) is 0 Å². The molecule has 3 aromatic rings. The van der Waals surface area contributed by atoms with Gasteiger partial charge in [-0.1, -0.05) is 6.07 Å². The first-order valence-corrected chi connectivity index (χ1v) is 9.63. The van der Waals surface area contributed by atoms with Crippen molar-refractivity contribution in [1.29, 1.82) is 0 Å². The van der Waals surface area contributed by atoms with E-state index in [0.717, 1.165) is 36.0 Å². The molecule has 0 saturated carbocycles. The maximum absolute atomic E-state index is 6.23. The third kappa shape index (κ3) is 4.17. The second-order valence-electron chi connectivity index (χ2n) is 6.98. The van der Waals surface area contributed by atoms with Gasteiger partial charge in [0.2, 0.25) is 5.95 Å². The molecule has 4 rings (SSSR count). The van der Waals surface area contributed by atoms with Gasteiger partial charge in [0.25, 0.3) is 0 Å². The highest BCUT2D eigenvalue weighted by Crippen LogP contribution is 2.34. The van der Waals surface area contributed by atoms with Gasteiger partial charge in [-0.3, -0.25) is 4.98 Å². The lowest BCUT2D eigenvalue weighted by Gasteiger charge is -2.32. The maximum atomic E-state index is 6.23. The summed E-state index contributed by atoms with van der Waals surface area (Å²) in [5, 5.41) is 0.742. The van der Waals surface area contributed by atoms with Crippen LogP contribution >= 0.6 is 0 Å². The van der Waals surface area contributed by atoms with E-state index in [4.69, 9.17) is 24.9 Å². The molecule has 1 fully saturated rings. The van der Waals surface area contributed by atoms with E-state index in [0.29, 0.717) is 36.4 Å². The average molecular weight is 395 g/mol. The van der Waals surface area contributed by atoms with Crippen molar-refractivity contribution in [3.8, 4) is 11.5 Å². The Labute approximate surface area is 169 Å². The molecular weight excluding hydrogens is 370 g/mol. The number of pyridine rings is 1. The lowest BCUT2D eigenvalue weighted by Crippen LogP contribution is -2.40. The molecule has 1 aromatic carbocycles. The highest BCUT2D eigenvalue weighted by Gasteiger charge is 2.23. The number of fused-ring (bicyclic) bond motifs is 1. The van der Waals surface area contributed by atoms with Gasteiger partial charge in [0.1, 0.15) is 5.82 Å². The van der Waals surface area contributed by atoms with Gasteiger partial charge in [-0.2, -0.15) is 4.98 Å².